The summed E-state index contributed by atoms with van der Waals surface area (Å²) in [7, 11) is 0. The van der Waals surface area contributed by atoms with Gasteiger partial charge in [0.2, 0.25) is 0 Å². The summed E-state index contributed by atoms with van der Waals surface area (Å²) in [6.45, 7) is 11.1. The topological polar surface area (TPSA) is 75.6 Å². The van der Waals surface area contributed by atoms with Crippen molar-refractivity contribution >= 4 is 12.1 Å². The SMILES string of the molecule is Cc1cc(C)c(C[C@H](NC(=O)OC(C)(C)C)C(=O)O)c(C)c1. The van der Waals surface area contributed by atoms with Crippen LogP contribution < -0.4 is 5.32 Å². The van der Waals surface area contributed by atoms with Crippen molar-refractivity contribution in [3.8, 4) is 0 Å². The first-order valence-corrected chi connectivity index (χ1v) is 7.28. The first kappa shape index (κ1) is 18.0. The molecule has 1 atom stereocenters. The van der Waals surface area contributed by atoms with E-state index in [9.17, 15) is 14.7 Å². The Labute approximate surface area is 131 Å². The summed E-state index contributed by atoms with van der Waals surface area (Å²) < 4.78 is 5.12. The van der Waals surface area contributed by atoms with Gasteiger partial charge in [-0.3, -0.25) is 0 Å². The molecule has 0 saturated carbocycles. The van der Waals surface area contributed by atoms with Gasteiger partial charge in [0, 0.05) is 6.42 Å². The van der Waals surface area contributed by atoms with Gasteiger partial charge < -0.3 is 15.2 Å². The molecule has 0 aliphatic heterocycles. The molecule has 0 aliphatic carbocycles. The average molecular weight is 307 g/mol. The second-order valence-electron chi connectivity index (χ2n) is 6.62. The molecule has 22 heavy (non-hydrogen) atoms. The summed E-state index contributed by atoms with van der Waals surface area (Å²) in [6.07, 6.45) is -0.491. The molecule has 0 saturated heterocycles. The standard InChI is InChI=1S/C17H25NO4/c1-10-7-11(2)13(12(3)8-10)9-14(15(19)20)18-16(21)22-17(4,5)6/h7-8,14H,9H2,1-6H3,(H,18,21)(H,19,20)/t14-/m0/s1. The van der Waals surface area contributed by atoms with Crippen LogP contribution in [0.3, 0.4) is 0 Å². The van der Waals surface area contributed by atoms with Crippen molar-refractivity contribution in [3.05, 3.63) is 34.4 Å². The van der Waals surface area contributed by atoms with Gasteiger partial charge in [0.15, 0.2) is 0 Å². The molecule has 5 heteroatoms. The maximum Gasteiger partial charge on any atom is 0.408 e. The number of nitrogens with one attached hydrogen (secondary N) is 1. The zero-order valence-corrected chi connectivity index (χ0v) is 14.1. The number of aliphatic carboxylic acids is 1. The Balaban J connectivity index is 2.90. The smallest absolute Gasteiger partial charge is 0.408 e. The summed E-state index contributed by atoms with van der Waals surface area (Å²) in [6, 6.07) is 3.00. The highest BCUT2D eigenvalue weighted by Crippen LogP contribution is 2.18. The summed E-state index contributed by atoms with van der Waals surface area (Å²) in [5.41, 5.74) is 3.45. The number of hydrogen-bond acceptors (Lipinski definition) is 3. The highest BCUT2D eigenvalue weighted by molar-refractivity contribution is 5.80. The summed E-state index contributed by atoms with van der Waals surface area (Å²) in [5.74, 6) is -1.08. The fourth-order valence-electron chi connectivity index (χ4n) is 2.39. The van der Waals surface area contributed by atoms with E-state index in [1.54, 1.807) is 20.8 Å². The number of carboxylic acid groups (broad SMARTS) is 1. The van der Waals surface area contributed by atoms with Crippen molar-refractivity contribution < 1.29 is 19.4 Å². The highest BCUT2D eigenvalue weighted by atomic mass is 16.6. The maximum absolute atomic E-state index is 11.8. The average Bonchev–Trinajstić information content (AvgIpc) is 2.29. The molecule has 0 heterocycles. The van der Waals surface area contributed by atoms with Crippen LogP contribution in [0.5, 0.6) is 0 Å². The van der Waals surface area contributed by atoms with Crippen molar-refractivity contribution in [1.82, 2.24) is 5.32 Å². The Morgan fingerprint density at radius 3 is 2.09 bits per heavy atom. The number of benzene rings is 1. The van der Waals surface area contributed by atoms with Gasteiger partial charge in [-0.1, -0.05) is 17.7 Å². The first-order valence-electron chi connectivity index (χ1n) is 7.28. The molecule has 0 aliphatic rings. The molecule has 1 aromatic carbocycles. The number of alkyl carbamates (subject to hydrolysis) is 1. The van der Waals surface area contributed by atoms with Gasteiger partial charge >= 0.3 is 12.1 Å². The zero-order chi connectivity index (χ0) is 17.1. The highest BCUT2D eigenvalue weighted by Gasteiger charge is 2.25. The number of amides is 1. The Morgan fingerprint density at radius 1 is 1.18 bits per heavy atom. The van der Waals surface area contributed by atoms with Gasteiger partial charge in [-0.25, -0.2) is 9.59 Å². The molecule has 0 spiro atoms. The Kier molecular flexibility index (Phi) is 5.58. The fourth-order valence-corrected chi connectivity index (χ4v) is 2.39. The quantitative estimate of drug-likeness (QED) is 0.896. The molecule has 0 aromatic heterocycles. The van der Waals surface area contributed by atoms with Crippen molar-refractivity contribution in [2.45, 2.75) is 59.6 Å². The Morgan fingerprint density at radius 2 is 1.68 bits per heavy atom. The minimum Gasteiger partial charge on any atom is -0.480 e. The van der Waals surface area contributed by atoms with Crippen molar-refractivity contribution in [3.63, 3.8) is 0 Å². The van der Waals surface area contributed by atoms with E-state index in [1.165, 1.54) is 0 Å². The summed E-state index contributed by atoms with van der Waals surface area (Å²) in [4.78, 5) is 23.2. The third-order valence-corrected chi connectivity index (χ3v) is 3.24. The summed E-state index contributed by atoms with van der Waals surface area (Å²) in [5, 5.41) is 11.8. The molecule has 1 aromatic rings. The van der Waals surface area contributed by atoms with Crippen molar-refractivity contribution in [2.24, 2.45) is 0 Å². The van der Waals surface area contributed by atoms with Crippen LogP contribution in [0.4, 0.5) is 4.79 Å². The number of carbonyl (C=O) groups excluding carboxylic acids is 1. The van der Waals surface area contributed by atoms with Crippen LogP contribution in [0.15, 0.2) is 12.1 Å². The van der Waals surface area contributed by atoms with E-state index >= 15 is 0 Å². The van der Waals surface area contributed by atoms with E-state index in [4.69, 9.17) is 4.74 Å². The predicted molar refractivity (Wildman–Crippen MR) is 85.2 cm³/mol. The second-order valence-corrected chi connectivity index (χ2v) is 6.62. The molecule has 0 radical (unpaired) electrons. The minimum atomic E-state index is -1.08. The van der Waals surface area contributed by atoms with Crippen molar-refractivity contribution in [2.75, 3.05) is 0 Å². The lowest BCUT2D eigenvalue weighted by Gasteiger charge is -2.23. The lowest BCUT2D eigenvalue weighted by molar-refractivity contribution is -0.139. The lowest BCUT2D eigenvalue weighted by Crippen LogP contribution is -2.44. The van der Waals surface area contributed by atoms with Gasteiger partial charge in [0.25, 0.3) is 0 Å². The lowest BCUT2D eigenvalue weighted by atomic mass is 9.94. The molecule has 5 nitrogen and oxygen atoms in total. The third kappa shape index (κ3) is 5.39. The van der Waals surface area contributed by atoms with E-state index in [2.05, 4.69) is 5.32 Å². The molecule has 0 fully saturated rings. The van der Waals surface area contributed by atoms with E-state index < -0.39 is 23.7 Å². The third-order valence-electron chi connectivity index (χ3n) is 3.24. The monoisotopic (exact) mass is 307 g/mol. The van der Waals surface area contributed by atoms with Crippen LogP contribution in [0.25, 0.3) is 0 Å². The van der Waals surface area contributed by atoms with Crippen LogP contribution in [-0.2, 0) is 16.0 Å². The van der Waals surface area contributed by atoms with Crippen LogP contribution in [-0.4, -0.2) is 28.8 Å². The van der Waals surface area contributed by atoms with Gasteiger partial charge in [-0.05, 0) is 58.2 Å². The first-order chi connectivity index (χ1) is 9.99. The number of carbonyl (C=O) groups is 2. The molecular formula is C17H25NO4. The molecule has 0 unspecified atom stereocenters. The van der Waals surface area contributed by atoms with E-state index in [1.807, 2.05) is 32.9 Å². The van der Waals surface area contributed by atoms with Gasteiger partial charge in [-0.2, -0.15) is 0 Å². The van der Waals surface area contributed by atoms with Crippen molar-refractivity contribution in [1.29, 1.82) is 0 Å². The number of ether oxygens (including phenoxy) is 1. The second kappa shape index (κ2) is 6.81. The molecule has 1 amide bonds. The molecule has 1 rings (SSSR count). The van der Waals surface area contributed by atoms with E-state index in [0.29, 0.717) is 0 Å². The Hall–Kier alpha value is -2.04. The maximum atomic E-state index is 11.8. The van der Waals surface area contributed by atoms with E-state index in [0.717, 1.165) is 22.3 Å². The van der Waals surface area contributed by atoms with Gasteiger partial charge in [0.1, 0.15) is 11.6 Å². The zero-order valence-electron chi connectivity index (χ0n) is 14.1. The number of hydrogen-bond donors (Lipinski definition) is 2. The van der Waals surface area contributed by atoms with Crippen LogP contribution in [0.1, 0.15) is 43.0 Å². The van der Waals surface area contributed by atoms with Crippen LogP contribution in [0.2, 0.25) is 0 Å². The predicted octanol–water partition coefficient (Wildman–Crippen LogP) is 3.13. The number of carboxylic acids is 1. The van der Waals surface area contributed by atoms with Crippen LogP contribution >= 0.6 is 0 Å². The molecule has 0 bridgehead atoms. The fraction of sp³-hybridized carbons (Fsp3) is 0.529. The number of rotatable bonds is 4. The van der Waals surface area contributed by atoms with Crippen LogP contribution in [0, 0.1) is 20.8 Å². The molecule has 2 N–H and O–H groups in total. The van der Waals surface area contributed by atoms with Gasteiger partial charge in [0.05, 0.1) is 0 Å². The Bertz CT molecular complexity index is 550. The largest absolute Gasteiger partial charge is 0.480 e. The normalized spacial score (nSPS) is 12.6. The van der Waals surface area contributed by atoms with Gasteiger partial charge in [-0.15, -0.1) is 0 Å². The minimum absolute atomic E-state index is 0.229. The molecule has 122 valence electrons. The molecular weight excluding hydrogens is 282 g/mol. The van der Waals surface area contributed by atoms with E-state index in [-0.39, 0.29) is 6.42 Å². The summed E-state index contributed by atoms with van der Waals surface area (Å²) >= 11 is 0. The number of aryl methyl sites for hydroxylation is 3.